The maximum Gasteiger partial charge on any atom is 0.319 e. The molecule has 2 aromatic rings. The summed E-state index contributed by atoms with van der Waals surface area (Å²) in [5.41, 5.74) is 1.72. The van der Waals surface area contributed by atoms with Gasteiger partial charge in [0.15, 0.2) is 0 Å². The van der Waals surface area contributed by atoms with Crippen LogP contribution in [0.15, 0.2) is 41.8 Å². The molecule has 1 aromatic carbocycles. The molecule has 0 saturated heterocycles. The Morgan fingerprint density at radius 3 is 2.70 bits per heavy atom. The highest BCUT2D eigenvalue weighted by molar-refractivity contribution is 7.10. The topological polar surface area (TPSA) is 53.6 Å². The molecular weight excluding hydrogens is 310 g/mol. The molecule has 0 fully saturated rings. The first-order valence-electron chi connectivity index (χ1n) is 7.43. The molecule has 1 heterocycles. The summed E-state index contributed by atoms with van der Waals surface area (Å²) in [6.45, 7) is 1.01. The lowest BCUT2D eigenvalue weighted by Crippen LogP contribution is -2.36. The monoisotopic (exact) mass is 333 g/mol. The van der Waals surface area contributed by atoms with Crippen LogP contribution < -0.4 is 10.6 Å². The van der Waals surface area contributed by atoms with Gasteiger partial charge in [0.2, 0.25) is 0 Å². The van der Waals surface area contributed by atoms with E-state index in [9.17, 15) is 4.79 Å². The number of hydrogen-bond donors (Lipinski definition) is 2. The Morgan fingerprint density at radius 1 is 1.26 bits per heavy atom. The van der Waals surface area contributed by atoms with E-state index in [1.165, 1.54) is 4.88 Å². The SMILES string of the molecule is COCc1ccccc1NC(=O)NCC(c1cccs1)N(C)C. The normalized spacial score (nSPS) is 12.2. The number of anilines is 1. The summed E-state index contributed by atoms with van der Waals surface area (Å²) in [5.74, 6) is 0. The van der Waals surface area contributed by atoms with Gasteiger partial charge in [0.25, 0.3) is 0 Å². The maximum absolute atomic E-state index is 12.2. The summed E-state index contributed by atoms with van der Waals surface area (Å²) in [5, 5.41) is 7.88. The molecule has 0 aliphatic carbocycles. The molecule has 2 amide bonds. The Balaban J connectivity index is 1.94. The van der Waals surface area contributed by atoms with E-state index in [0.29, 0.717) is 13.2 Å². The first-order valence-corrected chi connectivity index (χ1v) is 8.31. The molecule has 0 bridgehead atoms. The highest BCUT2D eigenvalue weighted by Crippen LogP contribution is 2.22. The minimum atomic E-state index is -0.211. The minimum absolute atomic E-state index is 0.162. The predicted molar refractivity (Wildman–Crippen MR) is 94.9 cm³/mol. The van der Waals surface area contributed by atoms with Crippen LogP contribution in [0.25, 0.3) is 0 Å². The maximum atomic E-state index is 12.2. The Bertz CT molecular complexity index is 614. The van der Waals surface area contributed by atoms with Gasteiger partial charge < -0.3 is 20.3 Å². The second-order valence-electron chi connectivity index (χ2n) is 5.42. The second kappa shape index (κ2) is 8.67. The molecule has 2 N–H and O–H groups in total. The van der Waals surface area contributed by atoms with E-state index in [1.54, 1.807) is 18.4 Å². The molecule has 0 aliphatic heterocycles. The third-order valence-electron chi connectivity index (χ3n) is 3.52. The van der Waals surface area contributed by atoms with Crippen LogP contribution in [0, 0.1) is 0 Å². The Hall–Kier alpha value is -1.89. The fraction of sp³-hybridized carbons (Fsp3) is 0.353. The van der Waals surface area contributed by atoms with E-state index >= 15 is 0 Å². The quantitative estimate of drug-likeness (QED) is 0.817. The number of carbonyl (C=O) groups is 1. The highest BCUT2D eigenvalue weighted by Gasteiger charge is 2.16. The molecule has 1 aromatic heterocycles. The fourth-order valence-electron chi connectivity index (χ4n) is 2.30. The molecule has 5 nitrogen and oxygen atoms in total. The van der Waals surface area contributed by atoms with Gasteiger partial charge in [0, 0.05) is 29.8 Å². The van der Waals surface area contributed by atoms with Crippen LogP contribution in [0.5, 0.6) is 0 Å². The zero-order valence-corrected chi connectivity index (χ0v) is 14.5. The summed E-state index contributed by atoms with van der Waals surface area (Å²) >= 11 is 1.69. The lowest BCUT2D eigenvalue weighted by atomic mass is 10.2. The van der Waals surface area contributed by atoms with Gasteiger partial charge in [-0.3, -0.25) is 0 Å². The summed E-state index contributed by atoms with van der Waals surface area (Å²) in [4.78, 5) is 15.5. The van der Waals surface area contributed by atoms with Crippen molar-refractivity contribution < 1.29 is 9.53 Å². The van der Waals surface area contributed by atoms with Gasteiger partial charge in [-0.05, 0) is 31.6 Å². The number of nitrogens with one attached hydrogen (secondary N) is 2. The average molecular weight is 333 g/mol. The Kier molecular flexibility index (Phi) is 6.58. The fourth-order valence-corrected chi connectivity index (χ4v) is 3.22. The van der Waals surface area contributed by atoms with Crippen molar-refractivity contribution in [2.45, 2.75) is 12.6 Å². The van der Waals surface area contributed by atoms with E-state index in [-0.39, 0.29) is 12.1 Å². The predicted octanol–water partition coefficient (Wildman–Crippen LogP) is 3.32. The largest absolute Gasteiger partial charge is 0.380 e. The van der Waals surface area contributed by atoms with Crippen LogP contribution in [-0.4, -0.2) is 38.7 Å². The van der Waals surface area contributed by atoms with Gasteiger partial charge in [-0.25, -0.2) is 4.79 Å². The number of amides is 2. The number of para-hydroxylation sites is 1. The van der Waals surface area contributed by atoms with Crippen LogP contribution in [0.3, 0.4) is 0 Å². The summed E-state index contributed by atoms with van der Waals surface area (Å²) in [6.07, 6.45) is 0. The first-order chi connectivity index (χ1) is 11.1. The van der Waals surface area contributed by atoms with Crippen molar-refractivity contribution in [2.24, 2.45) is 0 Å². The van der Waals surface area contributed by atoms with Gasteiger partial charge in [-0.1, -0.05) is 24.3 Å². The van der Waals surface area contributed by atoms with Crippen molar-refractivity contribution in [3.8, 4) is 0 Å². The molecule has 23 heavy (non-hydrogen) atoms. The van der Waals surface area contributed by atoms with Crippen molar-refractivity contribution in [1.82, 2.24) is 10.2 Å². The molecular formula is C17H23N3O2S. The van der Waals surface area contributed by atoms with Gasteiger partial charge in [0.1, 0.15) is 0 Å². The molecule has 0 saturated carbocycles. The minimum Gasteiger partial charge on any atom is -0.380 e. The molecule has 0 spiro atoms. The number of hydrogen-bond acceptors (Lipinski definition) is 4. The molecule has 1 unspecified atom stereocenters. The van der Waals surface area contributed by atoms with Crippen molar-refractivity contribution in [3.05, 3.63) is 52.2 Å². The van der Waals surface area contributed by atoms with Crippen molar-refractivity contribution in [1.29, 1.82) is 0 Å². The van der Waals surface area contributed by atoms with Crippen molar-refractivity contribution >= 4 is 23.1 Å². The number of ether oxygens (including phenoxy) is 1. The Morgan fingerprint density at radius 2 is 2.04 bits per heavy atom. The van der Waals surface area contributed by atoms with Crippen molar-refractivity contribution in [3.63, 3.8) is 0 Å². The molecule has 1 atom stereocenters. The summed E-state index contributed by atoms with van der Waals surface area (Å²) in [7, 11) is 5.66. The van der Waals surface area contributed by atoms with Gasteiger partial charge in [-0.2, -0.15) is 0 Å². The van der Waals surface area contributed by atoms with E-state index in [1.807, 2.05) is 49.8 Å². The molecule has 2 rings (SSSR count). The highest BCUT2D eigenvalue weighted by atomic mass is 32.1. The van der Waals surface area contributed by atoms with Crippen LogP contribution >= 0.6 is 11.3 Å². The smallest absolute Gasteiger partial charge is 0.319 e. The summed E-state index contributed by atoms with van der Waals surface area (Å²) < 4.78 is 5.15. The van der Waals surface area contributed by atoms with Crippen LogP contribution in [-0.2, 0) is 11.3 Å². The van der Waals surface area contributed by atoms with Crippen LogP contribution in [0.1, 0.15) is 16.5 Å². The van der Waals surface area contributed by atoms with E-state index in [4.69, 9.17) is 4.74 Å². The van der Waals surface area contributed by atoms with Crippen molar-refractivity contribution in [2.75, 3.05) is 33.1 Å². The molecule has 124 valence electrons. The number of rotatable bonds is 7. The lowest BCUT2D eigenvalue weighted by Gasteiger charge is -2.23. The zero-order chi connectivity index (χ0) is 16.7. The van der Waals surface area contributed by atoms with Crippen LogP contribution in [0.4, 0.5) is 10.5 Å². The van der Waals surface area contributed by atoms with E-state index in [0.717, 1.165) is 11.3 Å². The number of carbonyl (C=O) groups excluding carboxylic acids is 1. The molecule has 6 heteroatoms. The lowest BCUT2D eigenvalue weighted by molar-refractivity contribution is 0.185. The average Bonchev–Trinajstić information content (AvgIpc) is 3.03. The summed E-state index contributed by atoms with van der Waals surface area (Å²) in [6, 6.07) is 11.7. The zero-order valence-electron chi connectivity index (χ0n) is 13.7. The van der Waals surface area contributed by atoms with E-state index in [2.05, 4.69) is 21.6 Å². The molecule has 0 radical (unpaired) electrons. The molecule has 0 aliphatic rings. The van der Waals surface area contributed by atoms with Crippen LogP contribution in [0.2, 0.25) is 0 Å². The third kappa shape index (κ3) is 5.06. The number of urea groups is 1. The standard InChI is InChI=1S/C17H23N3O2S/c1-20(2)15(16-9-6-10-23-16)11-18-17(21)19-14-8-5-4-7-13(14)12-22-3/h4-10,15H,11-12H2,1-3H3,(H2,18,19,21). The first kappa shape index (κ1) is 17.5. The number of benzene rings is 1. The number of methoxy groups -OCH3 is 1. The van der Waals surface area contributed by atoms with Gasteiger partial charge in [0.05, 0.1) is 12.6 Å². The number of nitrogens with zero attached hydrogens (tertiary/aromatic N) is 1. The number of likely N-dealkylation sites (N-methyl/N-ethyl adjacent to an activating group) is 1. The third-order valence-corrected chi connectivity index (χ3v) is 4.49. The second-order valence-corrected chi connectivity index (χ2v) is 6.40. The number of thiophene rings is 1. The Labute approximate surface area is 141 Å². The van der Waals surface area contributed by atoms with E-state index < -0.39 is 0 Å². The van der Waals surface area contributed by atoms with Gasteiger partial charge >= 0.3 is 6.03 Å². The van der Waals surface area contributed by atoms with Gasteiger partial charge in [-0.15, -0.1) is 11.3 Å².